The molecule has 2 heterocycles. The predicted molar refractivity (Wildman–Crippen MR) is 103 cm³/mol. The van der Waals surface area contributed by atoms with Crippen molar-refractivity contribution in [2.45, 2.75) is 19.0 Å². The molecule has 26 heavy (non-hydrogen) atoms. The van der Waals surface area contributed by atoms with E-state index in [0.29, 0.717) is 6.04 Å². The van der Waals surface area contributed by atoms with Gasteiger partial charge in [0.25, 0.3) is 0 Å². The number of para-hydroxylation sites is 2. The standard InChI is InChI=1S/C20H24N4O2/c1-25-16-9-14(10-17(11-16)26-2)12-24-8-7-15(13-24)21-20-22-18-5-3-4-6-19(18)23-20/h3-6,9-11,15H,7-8,12-13H2,1-2H3,(H2,21,22,23). The van der Waals surface area contributed by atoms with Crippen LogP contribution in [0.4, 0.5) is 5.95 Å². The summed E-state index contributed by atoms with van der Waals surface area (Å²) in [6.45, 7) is 2.92. The van der Waals surface area contributed by atoms with Gasteiger partial charge in [-0.3, -0.25) is 4.90 Å². The van der Waals surface area contributed by atoms with Gasteiger partial charge in [0.05, 0.1) is 25.3 Å². The van der Waals surface area contributed by atoms with Gasteiger partial charge >= 0.3 is 0 Å². The van der Waals surface area contributed by atoms with Crippen LogP contribution in [0.5, 0.6) is 11.5 Å². The Morgan fingerprint density at radius 2 is 1.92 bits per heavy atom. The molecule has 1 aliphatic heterocycles. The molecule has 1 atom stereocenters. The summed E-state index contributed by atoms with van der Waals surface area (Å²) in [5, 5.41) is 3.53. The van der Waals surface area contributed by atoms with Gasteiger partial charge in [-0.1, -0.05) is 12.1 Å². The molecular weight excluding hydrogens is 328 g/mol. The first-order valence-corrected chi connectivity index (χ1v) is 8.89. The lowest BCUT2D eigenvalue weighted by molar-refractivity contribution is 0.326. The van der Waals surface area contributed by atoms with E-state index >= 15 is 0 Å². The van der Waals surface area contributed by atoms with Gasteiger partial charge in [0.15, 0.2) is 0 Å². The Morgan fingerprint density at radius 3 is 2.65 bits per heavy atom. The number of benzene rings is 2. The summed E-state index contributed by atoms with van der Waals surface area (Å²) in [5.74, 6) is 2.51. The normalized spacial score (nSPS) is 17.5. The summed E-state index contributed by atoms with van der Waals surface area (Å²) >= 11 is 0. The highest BCUT2D eigenvalue weighted by molar-refractivity contribution is 5.77. The van der Waals surface area contributed by atoms with Crippen molar-refractivity contribution >= 4 is 17.0 Å². The zero-order valence-corrected chi connectivity index (χ0v) is 15.2. The Bertz CT molecular complexity index is 837. The molecule has 1 aliphatic rings. The Hall–Kier alpha value is -2.73. The number of rotatable bonds is 6. The van der Waals surface area contributed by atoms with Crippen molar-refractivity contribution < 1.29 is 9.47 Å². The molecule has 0 spiro atoms. The van der Waals surface area contributed by atoms with Gasteiger partial charge in [0.1, 0.15) is 11.5 Å². The Kier molecular flexibility index (Phi) is 4.67. The van der Waals surface area contributed by atoms with Gasteiger partial charge < -0.3 is 19.8 Å². The molecule has 6 nitrogen and oxygen atoms in total. The average molecular weight is 352 g/mol. The third-order valence-electron chi connectivity index (χ3n) is 4.82. The number of ether oxygens (including phenoxy) is 2. The zero-order chi connectivity index (χ0) is 17.9. The van der Waals surface area contributed by atoms with Gasteiger partial charge in [-0.15, -0.1) is 0 Å². The molecule has 4 rings (SSSR count). The molecule has 0 amide bonds. The molecule has 1 saturated heterocycles. The fraction of sp³-hybridized carbons (Fsp3) is 0.350. The predicted octanol–water partition coefficient (Wildman–Crippen LogP) is 3.27. The van der Waals surface area contributed by atoms with Crippen LogP contribution >= 0.6 is 0 Å². The number of imidazole rings is 1. The maximum Gasteiger partial charge on any atom is 0.201 e. The summed E-state index contributed by atoms with van der Waals surface area (Å²) in [5.41, 5.74) is 3.26. The SMILES string of the molecule is COc1cc(CN2CCC(Nc3nc4ccccc4[nH]3)C2)cc(OC)c1. The van der Waals surface area contributed by atoms with E-state index in [4.69, 9.17) is 9.47 Å². The quantitative estimate of drug-likeness (QED) is 0.713. The molecule has 0 radical (unpaired) electrons. The van der Waals surface area contributed by atoms with Crippen LogP contribution in [0.15, 0.2) is 42.5 Å². The van der Waals surface area contributed by atoms with E-state index in [9.17, 15) is 0 Å². The minimum Gasteiger partial charge on any atom is -0.497 e. The van der Waals surface area contributed by atoms with Crippen molar-refractivity contribution in [3.63, 3.8) is 0 Å². The van der Waals surface area contributed by atoms with Crippen LogP contribution in [0.1, 0.15) is 12.0 Å². The molecule has 0 saturated carbocycles. The summed E-state index contributed by atoms with van der Waals surface area (Å²) in [6, 6.07) is 14.5. The lowest BCUT2D eigenvalue weighted by Gasteiger charge is -2.17. The first kappa shape index (κ1) is 16.7. The number of fused-ring (bicyclic) bond motifs is 1. The Balaban J connectivity index is 1.39. The molecular formula is C20H24N4O2. The molecule has 1 fully saturated rings. The van der Waals surface area contributed by atoms with E-state index in [-0.39, 0.29) is 0 Å². The van der Waals surface area contributed by atoms with Crippen LogP contribution in [0.25, 0.3) is 11.0 Å². The smallest absolute Gasteiger partial charge is 0.201 e. The van der Waals surface area contributed by atoms with Crippen molar-refractivity contribution in [1.29, 1.82) is 0 Å². The van der Waals surface area contributed by atoms with Crippen molar-refractivity contribution in [3.05, 3.63) is 48.0 Å². The number of nitrogens with one attached hydrogen (secondary N) is 2. The molecule has 2 aromatic carbocycles. The van der Waals surface area contributed by atoms with Crippen LogP contribution in [0.2, 0.25) is 0 Å². The monoisotopic (exact) mass is 352 g/mol. The van der Waals surface area contributed by atoms with Crippen LogP contribution in [0.3, 0.4) is 0 Å². The highest BCUT2D eigenvalue weighted by Gasteiger charge is 2.23. The van der Waals surface area contributed by atoms with Crippen molar-refractivity contribution in [3.8, 4) is 11.5 Å². The molecule has 1 aromatic heterocycles. The second-order valence-electron chi connectivity index (χ2n) is 6.69. The molecule has 1 unspecified atom stereocenters. The van der Waals surface area contributed by atoms with Crippen LogP contribution in [0, 0.1) is 0 Å². The first-order chi connectivity index (χ1) is 12.7. The number of nitrogens with zero attached hydrogens (tertiary/aromatic N) is 2. The van der Waals surface area contributed by atoms with Crippen LogP contribution < -0.4 is 14.8 Å². The number of H-pyrrole nitrogens is 1. The van der Waals surface area contributed by atoms with Crippen LogP contribution in [-0.4, -0.2) is 48.2 Å². The summed E-state index contributed by atoms with van der Waals surface area (Å²) in [6.07, 6.45) is 1.10. The second kappa shape index (κ2) is 7.25. The number of aromatic amines is 1. The number of hydrogen-bond acceptors (Lipinski definition) is 5. The van der Waals surface area contributed by atoms with E-state index in [1.54, 1.807) is 14.2 Å². The highest BCUT2D eigenvalue weighted by Crippen LogP contribution is 2.25. The fourth-order valence-electron chi connectivity index (χ4n) is 3.52. The number of aromatic nitrogens is 2. The minimum atomic E-state index is 0.392. The maximum absolute atomic E-state index is 5.37. The van der Waals surface area contributed by atoms with Crippen molar-refractivity contribution in [2.75, 3.05) is 32.6 Å². The van der Waals surface area contributed by atoms with E-state index in [1.165, 1.54) is 5.56 Å². The number of likely N-dealkylation sites (tertiary alicyclic amines) is 1. The molecule has 3 aromatic rings. The molecule has 0 aliphatic carbocycles. The first-order valence-electron chi connectivity index (χ1n) is 8.89. The van der Waals surface area contributed by atoms with Crippen LogP contribution in [-0.2, 0) is 6.54 Å². The average Bonchev–Trinajstić information content (AvgIpc) is 3.27. The molecule has 136 valence electrons. The van der Waals surface area contributed by atoms with Gasteiger partial charge in [-0.05, 0) is 36.2 Å². The van der Waals surface area contributed by atoms with E-state index in [2.05, 4.69) is 32.3 Å². The molecule has 2 N–H and O–H groups in total. The summed E-state index contributed by atoms with van der Waals surface area (Å²) in [7, 11) is 3.36. The third kappa shape index (κ3) is 3.60. The minimum absolute atomic E-state index is 0.392. The van der Waals surface area contributed by atoms with Gasteiger partial charge in [0.2, 0.25) is 5.95 Å². The molecule has 6 heteroatoms. The number of methoxy groups -OCH3 is 2. The topological polar surface area (TPSA) is 62.4 Å². The lowest BCUT2D eigenvalue weighted by Crippen LogP contribution is -2.26. The number of anilines is 1. The molecule has 0 bridgehead atoms. The summed E-state index contributed by atoms with van der Waals surface area (Å²) in [4.78, 5) is 10.4. The maximum atomic E-state index is 5.37. The zero-order valence-electron chi connectivity index (χ0n) is 15.2. The van der Waals surface area contributed by atoms with E-state index in [1.807, 2.05) is 30.3 Å². The Morgan fingerprint density at radius 1 is 1.15 bits per heavy atom. The lowest BCUT2D eigenvalue weighted by atomic mass is 10.2. The van der Waals surface area contributed by atoms with E-state index in [0.717, 1.165) is 54.5 Å². The Labute approximate surface area is 153 Å². The van der Waals surface area contributed by atoms with Crippen molar-refractivity contribution in [2.24, 2.45) is 0 Å². The third-order valence-corrected chi connectivity index (χ3v) is 4.82. The fourth-order valence-corrected chi connectivity index (χ4v) is 3.52. The van der Waals surface area contributed by atoms with E-state index < -0.39 is 0 Å². The largest absolute Gasteiger partial charge is 0.497 e. The second-order valence-corrected chi connectivity index (χ2v) is 6.69. The van der Waals surface area contributed by atoms with Gasteiger partial charge in [0, 0.05) is 31.7 Å². The highest BCUT2D eigenvalue weighted by atomic mass is 16.5. The van der Waals surface area contributed by atoms with Crippen molar-refractivity contribution in [1.82, 2.24) is 14.9 Å². The number of hydrogen-bond donors (Lipinski definition) is 2. The summed E-state index contributed by atoms with van der Waals surface area (Å²) < 4.78 is 10.7. The van der Waals surface area contributed by atoms with Gasteiger partial charge in [-0.2, -0.15) is 0 Å². The van der Waals surface area contributed by atoms with Gasteiger partial charge in [-0.25, -0.2) is 4.98 Å².